The summed E-state index contributed by atoms with van der Waals surface area (Å²) in [5.41, 5.74) is 0.939. The number of carbonyl (C=O) groups is 1. The van der Waals surface area contributed by atoms with Gasteiger partial charge in [-0.25, -0.2) is 18.6 Å². The highest BCUT2D eigenvalue weighted by molar-refractivity contribution is 5.88. The molecule has 0 bridgehead atoms. The largest absolute Gasteiger partial charge is 0.348 e. The first kappa shape index (κ1) is 22.3. The van der Waals surface area contributed by atoms with Crippen molar-refractivity contribution in [2.45, 2.75) is 38.1 Å². The van der Waals surface area contributed by atoms with E-state index in [-0.39, 0.29) is 24.5 Å². The summed E-state index contributed by atoms with van der Waals surface area (Å²) in [6.45, 7) is 2.18. The van der Waals surface area contributed by atoms with Crippen LogP contribution in [0.3, 0.4) is 0 Å². The summed E-state index contributed by atoms with van der Waals surface area (Å²) in [7, 11) is 0. The molecule has 1 atom stereocenters. The van der Waals surface area contributed by atoms with Crippen LogP contribution in [0.15, 0.2) is 36.5 Å². The maximum absolute atomic E-state index is 14.4. The molecule has 2 aromatic heterocycles. The van der Waals surface area contributed by atoms with Gasteiger partial charge in [-0.05, 0) is 62.4 Å². The predicted molar refractivity (Wildman–Crippen MR) is 120 cm³/mol. The third kappa shape index (κ3) is 4.21. The maximum atomic E-state index is 14.4. The van der Waals surface area contributed by atoms with Gasteiger partial charge in [0.15, 0.2) is 11.5 Å². The van der Waals surface area contributed by atoms with E-state index in [4.69, 9.17) is 0 Å². The maximum Gasteiger partial charge on any atom is 0.323 e. The molecule has 5 rings (SSSR count). The molecular formula is C22H25ClF2N6O. The van der Waals surface area contributed by atoms with Gasteiger partial charge in [0.2, 0.25) is 0 Å². The molecule has 4 heterocycles. The van der Waals surface area contributed by atoms with Crippen LogP contribution >= 0.6 is 12.4 Å². The molecule has 2 amide bonds. The van der Waals surface area contributed by atoms with Crippen LogP contribution in [0.2, 0.25) is 0 Å². The SMILES string of the molecule is Cl.O=C(Nc1cnc2ccc(N3CCCC3c3cc(F)ccc3F)nn12)N1CCCCC1. The summed E-state index contributed by atoms with van der Waals surface area (Å²) in [4.78, 5) is 20.7. The van der Waals surface area contributed by atoms with E-state index in [1.54, 1.807) is 15.6 Å². The topological polar surface area (TPSA) is 65.8 Å². The minimum absolute atomic E-state index is 0. The van der Waals surface area contributed by atoms with Crippen molar-refractivity contribution < 1.29 is 13.6 Å². The Morgan fingerprint density at radius 2 is 1.84 bits per heavy atom. The van der Waals surface area contributed by atoms with Gasteiger partial charge >= 0.3 is 6.03 Å². The number of hydrogen-bond donors (Lipinski definition) is 1. The van der Waals surface area contributed by atoms with Crippen LogP contribution in [-0.2, 0) is 0 Å². The molecule has 1 N–H and O–H groups in total. The van der Waals surface area contributed by atoms with E-state index >= 15 is 0 Å². The minimum Gasteiger partial charge on any atom is -0.348 e. The average Bonchev–Trinajstić information content (AvgIpc) is 3.43. The lowest BCUT2D eigenvalue weighted by Crippen LogP contribution is -2.39. The molecule has 1 aromatic carbocycles. The van der Waals surface area contributed by atoms with Crippen LogP contribution in [0.1, 0.15) is 43.7 Å². The summed E-state index contributed by atoms with van der Waals surface area (Å²) < 4.78 is 29.8. The number of benzene rings is 1. The number of piperidine rings is 1. The van der Waals surface area contributed by atoms with Crippen LogP contribution in [0, 0.1) is 11.6 Å². The summed E-state index contributed by atoms with van der Waals surface area (Å²) in [6.07, 6.45) is 6.31. The van der Waals surface area contributed by atoms with E-state index in [9.17, 15) is 13.6 Å². The fourth-order valence-electron chi connectivity index (χ4n) is 4.52. The number of hydrogen-bond acceptors (Lipinski definition) is 4. The molecule has 0 saturated carbocycles. The zero-order chi connectivity index (χ0) is 21.4. The molecule has 32 heavy (non-hydrogen) atoms. The number of amides is 2. The Balaban J connectivity index is 0.00000245. The molecule has 7 nitrogen and oxygen atoms in total. The zero-order valence-corrected chi connectivity index (χ0v) is 18.3. The van der Waals surface area contributed by atoms with Crippen LogP contribution in [0.25, 0.3) is 5.65 Å². The molecule has 2 saturated heterocycles. The van der Waals surface area contributed by atoms with Crippen molar-refractivity contribution in [1.29, 1.82) is 0 Å². The Bertz CT molecular complexity index is 1120. The average molecular weight is 463 g/mol. The number of nitrogens with one attached hydrogen (secondary N) is 1. The van der Waals surface area contributed by atoms with Crippen molar-refractivity contribution in [1.82, 2.24) is 19.5 Å². The van der Waals surface area contributed by atoms with Gasteiger partial charge in [-0.1, -0.05) is 0 Å². The normalized spacial score (nSPS) is 18.6. The molecular weight excluding hydrogens is 438 g/mol. The van der Waals surface area contributed by atoms with E-state index in [1.807, 2.05) is 17.0 Å². The Kier molecular flexibility index (Phi) is 6.45. The summed E-state index contributed by atoms with van der Waals surface area (Å²) >= 11 is 0. The van der Waals surface area contributed by atoms with Crippen molar-refractivity contribution in [3.8, 4) is 0 Å². The molecule has 1 unspecified atom stereocenters. The summed E-state index contributed by atoms with van der Waals surface area (Å²) in [6, 6.07) is 6.75. The first-order valence-corrected chi connectivity index (χ1v) is 10.7. The monoisotopic (exact) mass is 462 g/mol. The van der Waals surface area contributed by atoms with Crippen LogP contribution < -0.4 is 10.2 Å². The van der Waals surface area contributed by atoms with Gasteiger partial charge in [0.1, 0.15) is 17.5 Å². The van der Waals surface area contributed by atoms with Crippen molar-refractivity contribution >= 4 is 35.7 Å². The first-order valence-electron chi connectivity index (χ1n) is 10.7. The molecule has 2 aliphatic rings. The van der Waals surface area contributed by atoms with E-state index in [2.05, 4.69) is 15.4 Å². The Hall–Kier alpha value is -2.94. The molecule has 0 spiro atoms. The van der Waals surface area contributed by atoms with Crippen molar-refractivity contribution in [2.24, 2.45) is 0 Å². The van der Waals surface area contributed by atoms with Crippen molar-refractivity contribution in [2.75, 3.05) is 29.9 Å². The van der Waals surface area contributed by atoms with Crippen molar-refractivity contribution in [3.63, 3.8) is 0 Å². The second-order valence-corrected chi connectivity index (χ2v) is 8.10. The fourth-order valence-corrected chi connectivity index (χ4v) is 4.52. The summed E-state index contributed by atoms with van der Waals surface area (Å²) in [5.74, 6) is 0.241. The van der Waals surface area contributed by atoms with Gasteiger partial charge in [0.05, 0.1) is 12.2 Å². The minimum atomic E-state index is -0.455. The first-order chi connectivity index (χ1) is 15.1. The number of fused-ring (bicyclic) bond motifs is 1. The number of likely N-dealkylation sites (tertiary alicyclic amines) is 1. The molecule has 2 fully saturated rings. The molecule has 170 valence electrons. The molecule has 10 heteroatoms. The van der Waals surface area contributed by atoms with Crippen LogP contribution in [0.5, 0.6) is 0 Å². The van der Waals surface area contributed by atoms with Crippen molar-refractivity contribution in [3.05, 3.63) is 53.7 Å². The molecule has 0 aliphatic carbocycles. The van der Waals surface area contributed by atoms with E-state index in [1.165, 1.54) is 12.1 Å². The van der Waals surface area contributed by atoms with E-state index < -0.39 is 11.6 Å². The zero-order valence-electron chi connectivity index (χ0n) is 17.5. The highest BCUT2D eigenvalue weighted by Crippen LogP contribution is 2.36. The Morgan fingerprint density at radius 3 is 2.66 bits per heavy atom. The fraction of sp³-hybridized carbons (Fsp3) is 0.409. The van der Waals surface area contributed by atoms with E-state index in [0.717, 1.165) is 44.8 Å². The standard InChI is InChI=1S/C22H24F2N6O.ClH/c23-15-6-7-17(24)16(13-15)18-5-4-12-29(18)20-9-8-19-25-14-21(30(19)27-20)26-22(31)28-10-2-1-3-11-28;/h6-9,13-14,18H,1-5,10-12H2,(H,26,31);1H. The number of aromatic nitrogens is 3. The lowest BCUT2D eigenvalue weighted by molar-refractivity contribution is 0.200. The third-order valence-electron chi connectivity index (χ3n) is 6.09. The van der Waals surface area contributed by atoms with E-state index in [0.29, 0.717) is 35.8 Å². The number of anilines is 2. The number of urea groups is 1. The number of rotatable bonds is 3. The summed E-state index contributed by atoms with van der Waals surface area (Å²) in [5, 5.41) is 7.58. The van der Waals surface area contributed by atoms with Gasteiger partial charge in [-0.15, -0.1) is 17.5 Å². The molecule has 2 aliphatic heterocycles. The highest BCUT2D eigenvalue weighted by Gasteiger charge is 2.30. The number of halogens is 3. The van der Waals surface area contributed by atoms with Crippen LogP contribution in [-0.4, -0.2) is 45.2 Å². The Morgan fingerprint density at radius 1 is 1.03 bits per heavy atom. The quantitative estimate of drug-likeness (QED) is 0.608. The van der Waals surface area contributed by atoms with Gasteiger partial charge in [0.25, 0.3) is 0 Å². The smallest absolute Gasteiger partial charge is 0.323 e. The van der Waals surface area contributed by atoms with Gasteiger partial charge in [0, 0.05) is 25.2 Å². The van der Waals surface area contributed by atoms with Gasteiger partial charge < -0.3 is 9.80 Å². The van der Waals surface area contributed by atoms with Gasteiger partial charge in [-0.2, -0.15) is 4.52 Å². The Labute approximate surface area is 190 Å². The van der Waals surface area contributed by atoms with Gasteiger partial charge in [-0.3, -0.25) is 5.32 Å². The predicted octanol–water partition coefficient (Wildman–Crippen LogP) is 4.79. The number of imidazole rings is 1. The second kappa shape index (κ2) is 9.28. The number of carbonyl (C=O) groups excluding carboxylic acids is 1. The third-order valence-corrected chi connectivity index (χ3v) is 6.09. The second-order valence-electron chi connectivity index (χ2n) is 8.10. The lowest BCUT2D eigenvalue weighted by atomic mass is 10.0. The molecule has 3 aromatic rings. The number of nitrogens with zero attached hydrogens (tertiary/aromatic N) is 5. The highest BCUT2D eigenvalue weighted by atomic mass is 35.5. The molecule has 0 radical (unpaired) electrons. The van der Waals surface area contributed by atoms with Crippen LogP contribution in [0.4, 0.5) is 25.2 Å². The lowest BCUT2D eigenvalue weighted by Gasteiger charge is -2.27.